The van der Waals surface area contributed by atoms with Crippen LogP contribution in [0.15, 0.2) is 100 Å². The number of benzene rings is 4. The van der Waals surface area contributed by atoms with Crippen LogP contribution in [0, 0.1) is 6.92 Å². The van der Waals surface area contributed by atoms with Crippen LogP contribution in [-0.4, -0.2) is 47.5 Å². The molecule has 3 N–H and O–H groups in total. The van der Waals surface area contributed by atoms with Gasteiger partial charge in [0.1, 0.15) is 16.3 Å². The van der Waals surface area contributed by atoms with Gasteiger partial charge in [0.15, 0.2) is 0 Å². The Morgan fingerprint density at radius 2 is 1.55 bits per heavy atom. The molecule has 0 fully saturated rings. The molecule has 2 aromatic heterocycles. The number of fused-ring (bicyclic) bond motifs is 4. The van der Waals surface area contributed by atoms with E-state index >= 15 is 0 Å². The van der Waals surface area contributed by atoms with E-state index in [1.165, 1.54) is 26.2 Å². The van der Waals surface area contributed by atoms with Gasteiger partial charge in [-0.25, -0.2) is 0 Å². The topological polar surface area (TPSA) is 118 Å². The van der Waals surface area contributed by atoms with Crippen molar-refractivity contribution in [1.82, 2.24) is 4.98 Å². The molecule has 0 saturated carbocycles. The molecular formula is C28H20N4NaO3S2. The van der Waals surface area contributed by atoms with Crippen molar-refractivity contribution in [3.05, 3.63) is 90.6 Å². The van der Waals surface area contributed by atoms with E-state index in [0.717, 1.165) is 16.8 Å². The first-order valence-electron chi connectivity index (χ1n) is 11.4. The number of hydrogen-bond donors (Lipinski definition) is 2. The predicted molar refractivity (Wildman–Crippen MR) is 155 cm³/mol. The van der Waals surface area contributed by atoms with Gasteiger partial charge in [0, 0.05) is 66.1 Å². The summed E-state index contributed by atoms with van der Waals surface area (Å²) >= 11 is 1.74. The van der Waals surface area contributed by atoms with Gasteiger partial charge in [-0.1, -0.05) is 60.7 Å². The third-order valence-electron chi connectivity index (χ3n) is 6.30. The van der Waals surface area contributed by atoms with Crippen molar-refractivity contribution in [2.75, 3.05) is 5.73 Å². The third-order valence-corrected chi connectivity index (χ3v) is 8.41. The summed E-state index contributed by atoms with van der Waals surface area (Å²) in [4.78, 5) is 4.43. The summed E-state index contributed by atoms with van der Waals surface area (Å²) in [6, 6.07) is 24.4. The zero-order valence-corrected chi connectivity index (χ0v) is 24.2. The normalized spacial score (nSPS) is 11.9. The van der Waals surface area contributed by atoms with E-state index in [2.05, 4.69) is 34.5 Å². The summed E-state index contributed by atoms with van der Waals surface area (Å²) < 4.78 is 36.1. The van der Waals surface area contributed by atoms with E-state index < -0.39 is 10.1 Å². The Bertz CT molecular complexity index is 2000. The van der Waals surface area contributed by atoms with Gasteiger partial charge in [0.25, 0.3) is 10.1 Å². The molecule has 2 heterocycles. The maximum atomic E-state index is 12.0. The standard InChI is InChI=1S/C28H20N4O3S2.Na/c1-16-13-17(31-32-23-14-25(37(33,34)35)19-8-2-3-9-20(19)26(23)29)15-30-27(16)22-11-6-10-21-18-7-4-5-12-24(18)36-28(21)22;/h2-15H,29H2,1H3,(H,33,34,35);. The molecule has 38 heavy (non-hydrogen) atoms. The molecule has 0 saturated heterocycles. The fourth-order valence-electron chi connectivity index (χ4n) is 4.59. The van der Waals surface area contributed by atoms with E-state index in [-0.39, 0.29) is 45.8 Å². The van der Waals surface area contributed by atoms with E-state index in [1.807, 2.05) is 31.2 Å². The minimum absolute atomic E-state index is 0. The zero-order chi connectivity index (χ0) is 25.7. The number of aromatic nitrogens is 1. The van der Waals surface area contributed by atoms with Crippen LogP contribution in [0.3, 0.4) is 0 Å². The molecule has 0 unspecified atom stereocenters. The van der Waals surface area contributed by atoms with E-state index in [1.54, 1.807) is 41.8 Å². The van der Waals surface area contributed by atoms with E-state index in [0.29, 0.717) is 16.5 Å². The summed E-state index contributed by atoms with van der Waals surface area (Å²) in [5.74, 6) is 0. The third kappa shape index (κ3) is 4.62. The average Bonchev–Trinajstić information content (AvgIpc) is 3.27. The minimum atomic E-state index is -4.49. The number of pyridine rings is 1. The van der Waals surface area contributed by atoms with Crippen molar-refractivity contribution in [2.24, 2.45) is 10.2 Å². The number of azo groups is 1. The average molecular weight is 548 g/mol. The fourth-order valence-corrected chi connectivity index (χ4v) is 6.52. The van der Waals surface area contributed by atoms with Gasteiger partial charge in [-0.2, -0.15) is 8.42 Å². The van der Waals surface area contributed by atoms with Crippen molar-refractivity contribution in [3.63, 3.8) is 0 Å². The second kappa shape index (κ2) is 10.2. The summed E-state index contributed by atoms with van der Waals surface area (Å²) in [6.07, 6.45) is 1.62. The van der Waals surface area contributed by atoms with Crippen molar-refractivity contribution < 1.29 is 13.0 Å². The van der Waals surface area contributed by atoms with Gasteiger partial charge in [-0.05, 0) is 30.7 Å². The first-order chi connectivity index (χ1) is 17.8. The Kier molecular flexibility index (Phi) is 7.08. The molecule has 0 aliphatic rings. The van der Waals surface area contributed by atoms with Crippen LogP contribution in [0.4, 0.5) is 17.1 Å². The molecule has 183 valence electrons. The molecule has 0 atom stereocenters. The molecule has 6 rings (SSSR count). The Labute approximate surface area is 245 Å². The smallest absolute Gasteiger partial charge is 0.295 e. The Morgan fingerprint density at radius 3 is 2.29 bits per heavy atom. The molecule has 7 nitrogen and oxygen atoms in total. The van der Waals surface area contributed by atoms with Crippen LogP contribution in [0.2, 0.25) is 0 Å². The van der Waals surface area contributed by atoms with Crippen LogP contribution in [-0.2, 0) is 10.1 Å². The fraction of sp³-hybridized carbons (Fsp3) is 0.0357. The van der Waals surface area contributed by atoms with Crippen LogP contribution in [0.25, 0.3) is 42.2 Å². The molecule has 0 aliphatic carbocycles. The molecule has 4 aromatic carbocycles. The van der Waals surface area contributed by atoms with Crippen molar-refractivity contribution >= 4 is 99.0 Å². The number of aryl methyl sites for hydroxylation is 1. The SMILES string of the molecule is Cc1cc(N=Nc2cc(S(=O)(=O)O)c3ccccc3c2N)cnc1-c1cccc2c1sc1ccccc12.[Na]. The van der Waals surface area contributed by atoms with Crippen molar-refractivity contribution in [2.45, 2.75) is 11.8 Å². The Balaban J connectivity index is 0.00000294. The first kappa shape index (κ1) is 26.4. The van der Waals surface area contributed by atoms with Gasteiger partial charge >= 0.3 is 0 Å². The van der Waals surface area contributed by atoms with E-state index in [4.69, 9.17) is 10.7 Å². The molecule has 0 aliphatic heterocycles. The number of anilines is 1. The van der Waals surface area contributed by atoms with Gasteiger partial charge in [0.05, 0.1) is 17.6 Å². The zero-order valence-electron chi connectivity index (χ0n) is 20.6. The van der Waals surface area contributed by atoms with Gasteiger partial charge in [-0.3, -0.25) is 9.54 Å². The van der Waals surface area contributed by atoms with Crippen LogP contribution < -0.4 is 5.73 Å². The quantitative estimate of drug-likeness (QED) is 0.103. The molecule has 0 amide bonds. The second-order valence-corrected chi connectivity index (χ2v) is 11.1. The molecule has 6 aromatic rings. The maximum Gasteiger partial charge on any atom is 0.295 e. The molecule has 1 radical (unpaired) electrons. The van der Waals surface area contributed by atoms with Crippen LogP contribution in [0.5, 0.6) is 0 Å². The number of nitrogens with two attached hydrogens (primary N) is 1. The van der Waals surface area contributed by atoms with Crippen molar-refractivity contribution in [1.29, 1.82) is 0 Å². The van der Waals surface area contributed by atoms with Gasteiger partial charge in [-0.15, -0.1) is 21.6 Å². The predicted octanol–water partition coefficient (Wildman–Crippen LogP) is 7.44. The molecule has 0 spiro atoms. The number of nitrogen functional groups attached to an aromatic ring is 1. The number of thiophene rings is 1. The maximum absolute atomic E-state index is 12.0. The summed E-state index contributed by atoms with van der Waals surface area (Å²) in [5.41, 5.74) is 10.00. The summed E-state index contributed by atoms with van der Waals surface area (Å²) in [6.45, 7) is 1.97. The van der Waals surface area contributed by atoms with E-state index in [9.17, 15) is 13.0 Å². The Morgan fingerprint density at radius 1 is 0.868 bits per heavy atom. The monoisotopic (exact) mass is 547 g/mol. The van der Waals surface area contributed by atoms with Crippen LogP contribution in [0.1, 0.15) is 5.56 Å². The largest absolute Gasteiger partial charge is 0.396 e. The van der Waals surface area contributed by atoms with Crippen molar-refractivity contribution in [3.8, 4) is 11.3 Å². The van der Waals surface area contributed by atoms with Crippen LogP contribution >= 0.6 is 11.3 Å². The minimum Gasteiger partial charge on any atom is -0.396 e. The Hall–Kier alpha value is -3.18. The molecule has 0 bridgehead atoms. The number of nitrogens with zero attached hydrogens (tertiary/aromatic N) is 3. The second-order valence-electron chi connectivity index (χ2n) is 8.67. The first-order valence-corrected chi connectivity index (χ1v) is 13.6. The van der Waals surface area contributed by atoms with Gasteiger partial charge in [0.2, 0.25) is 0 Å². The molecular weight excluding hydrogens is 527 g/mol. The molecule has 10 heteroatoms. The number of hydrogen-bond acceptors (Lipinski definition) is 7. The number of rotatable bonds is 4. The summed E-state index contributed by atoms with van der Waals surface area (Å²) in [5, 5.41) is 11.7. The summed E-state index contributed by atoms with van der Waals surface area (Å²) in [7, 11) is -4.49. The van der Waals surface area contributed by atoms with Gasteiger partial charge < -0.3 is 5.73 Å².